The van der Waals surface area contributed by atoms with Crippen LogP contribution in [0, 0.1) is 6.92 Å². The molecule has 1 aromatic heterocycles. The Balaban J connectivity index is 1.51. The molecule has 1 aromatic carbocycles. The minimum absolute atomic E-state index is 0.0472. The summed E-state index contributed by atoms with van der Waals surface area (Å²) in [6, 6.07) is 7.67. The summed E-state index contributed by atoms with van der Waals surface area (Å²) >= 11 is 0. The first-order chi connectivity index (χ1) is 11.7. The number of hydrogen-bond donors (Lipinski definition) is 0. The highest BCUT2D eigenvalue weighted by Crippen LogP contribution is 2.28. The van der Waals surface area contributed by atoms with E-state index >= 15 is 0 Å². The van der Waals surface area contributed by atoms with Crippen LogP contribution in [0.5, 0.6) is 5.75 Å². The zero-order valence-electron chi connectivity index (χ0n) is 13.3. The van der Waals surface area contributed by atoms with Gasteiger partial charge in [-0.05, 0) is 12.1 Å². The van der Waals surface area contributed by atoms with Crippen molar-refractivity contribution in [3.05, 3.63) is 47.2 Å². The molecule has 1 fully saturated rings. The van der Waals surface area contributed by atoms with E-state index in [9.17, 15) is 4.79 Å². The van der Waals surface area contributed by atoms with E-state index in [0.717, 1.165) is 11.3 Å². The van der Waals surface area contributed by atoms with Crippen molar-refractivity contribution in [3.8, 4) is 5.75 Å². The van der Waals surface area contributed by atoms with Crippen LogP contribution in [0.25, 0.3) is 6.08 Å². The molecule has 4 rings (SSSR count). The Bertz CT molecular complexity index is 799. The summed E-state index contributed by atoms with van der Waals surface area (Å²) in [5.41, 5.74) is 1.56. The second kappa shape index (κ2) is 6.09. The molecule has 2 aliphatic rings. The number of aromatic nitrogens is 2. The molecular formula is C17H17N3O4. The molecule has 124 valence electrons. The maximum atomic E-state index is 12.8. The number of amides is 1. The first kappa shape index (κ1) is 14.9. The fourth-order valence-electron chi connectivity index (χ4n) is 2.87. The standard InChI is InChI=1S/C17H17N3O4/c1-11-18-19-16(24-11)15-9-20(6-7-22-15)17(21)13-8-12-4-2-3-5-14(12)23-10-13/h2-5,8,15H,6-7,9-10H2,1H3/t15-/m0/s1. The molecule has 0 N–H and O–H groups in total. The molecule has 2 aliphatic heterocycles. The molecule has 0 aliphatic carbocycles. The van der Waals surface area contributed by atoms with E-state index in [1.807, 2.05) is 30.3 Å². The van der Waals surface area contributed by atoms with Crippen LogP contribution in [0.1, 0.15) is 23.4 Å². The zero-order chi connectivity index (χ0) is 16.5. The fraction of sp³-hybridized carbons (Fsp3) is 0.353. The molecule has 0 unspecified atom stereocenters. The number of carbonyl (C=O) groups excluding carboxylic acids is 1. The van der Waals surface area contributed by atoms with Gasteiger partial charge in [-0.3, -0.25) is 4.79 Å². The monoisotopic (exact) mass is 327 g/mol. The lowest BCUT2D eigenvalue weighted by Gasteiger charge is -2.32. The molecule has 0 saturated carbocycles. The molecule has 2 aromatic rings. The van der Waals surface area contributed by atoms with E-state index in [0.29, 0.717) is 37.1 Å². The molecule has 1 atom stereocenters. The van der Waals surface area contributed by atoms with Gasteiger partial charge in [0.1, 0.15) is 12.4 Å². The number of benzene rings is 1. The zero-order valence-corrected chi connectivity index (χ0v) is 13.3. The lowest BCUT2D eigenvalue weighted by atomic mass is 10.1. The van der Waals surface area contributed by atoms with Gasteiger partial charge in [0.2, 0.25) is 11.8 Å². The Morgan fingerprint density at radius 2 is 2.17 bits per heavy atom. The average molecular weight is 327 g/mol. The highest BCUT2D eigenvalue weighted by Gasteiger charge is 2.31. The molecule has 7 nitrogen and oxygen atoms in total. The molecule has 0 spiro atoms. The maximum Gasteiger partial charge on any atom is 0.253 e. The molecule has 0 bridgehead atoms. The predicted octanol–water partition coefficient (Wildman–Crippen LogP) is 1.75. The Morgan fingerprint density at radius 3 is 3.00 bits per heavy atom. The number of carbonyl (C=O) groups is 1. The van der Waals surface area contributed by atoms with Crippen LogP contribution in [-0.2, 0) is 9.53 Å². The van der Waals surface area contributed by atoms with Crippen molar-refractivity contribution in [2.45, 2.75) is 13.0 Å². The summed E-state index contributed by atoms with van der Waals surface area (Å²) in [5.74, 6) is 1.64. The number of aryl methyl sites for hydroxylation is 1. The number of nitrogens with zero attached hydrogens (tertiary/aromatic N) is 3. The van der Waals surface area contributed by atoms with Crippen molar-refractivity contribution < 1.29 is 18.7 Å². The van der Waals surface area contributed by atoms with E-state index < -0.39 is 0 Å². The van der Waals surface area contributed by atoms with Crippen molar-refractivity contribution >= 4 is 12.0 Å². The van der Waals surface area contributed by atoms with Gasteiger partial charge >= 0.3 is 0 Å². The van der Waals surface area contributed by atoms with Gasteiger partial charge in [-0.1, -0.05) is 18.2 Å². The van der Waals surface area contributed by atoms with Crippen molar-refractivity contribution in [3.63, 3.8) is 0 Å². The average Bonchev–Trinajstić information content (AvgIpc) is 3.07. The topological polar surface area (TPSA) is 77.7 Å². The van der Waals surface area contributed by atoms with Gasteiger partial charge in [0.15, 0.2) is 6.10 Å². The molecular weight excluding hydrogens is 310 g/mol. The second-order valence-electron chi connectivity index (χ2n) is 5.77. The van der Waals surface area contributed by atoms with Crippen molar-refractivity contribution in [1.29, 1.82) is 0 Å². The third-order valence-electron chi connectivity index (χ3n) is 4.08. The normalized spacial score (nSPS) is 20.1. The fourth-order valence-corrected chi connectivity index (χ4v) is 2.87. The van der Waals surface area contributed by atoms with E-state index in [-0.39, 0.29) is 18.6 Å². The second-order valence-corrected chi connectivity index (χ2v) is 5.77. The Kier molecular flexibility index (Phi) is 3.78. The number of ether oxygens (including phenoxy) is 2. The van der Waals surface area contributed by atoms with E-state index in [2.05, 4.69) is 10.2 Å². The van der Waals surface area contributed by atoms with Gasteiger partial charge in [0.25, 0.3) is 5.91 Å². The van der Waals surface area contributed by atoms with Crippen LogP contribution in [-0.4, -0.2) is 47.3 Å². The summed E-state index contributed by atoms with van der Waals surface area (Å²) in [6.45, 7) is 3.35. The van der Waals surface area contributed by atoms with Crippen molar-refractivity contribution in [2.24, 2.45) is 0 Å². The van der Waals surface area contributed by atoms with Gasteiger partial charge in [0.05, 0.1) is 18.7 Å². The van der Waals surface area contributed by atoms with Gasteiger partial charge in [-0.15, -0.1) is 10.2 Å². The summed E-state index contributed by atoms with van der Waals surface area (Å²) in [4.78, 5) is 14.5. The number of fused-ring (bicyclic) bond motifs is 1. The highest BCUT2D eigenvalue weighted by atomic mass is 16.5. The largest absolute Gasteiger partial charge is 0.488 e. The van der Waals surface area contributed by atoms with Crippen LogP contribution in [0.2, 0.25) is 0 Å². The number of rotatable bonds is 2. The molecule has 7 heteroatoms. The third-order valence-corrected chi connectivity index (χ3v) is 4.08. The number of para-hydroxylation sites is 1. The quantitative estimate of drug-likeness (QED) is 0.836. The first-order valence-corrected chi connectivity index (χ1v) is 7.84. The van der Waals surface area contributed by atoms with Gasteiger partial charge < -0.3 is 18.8 Å². The van der Waals surface area contributed by atoms with Gasteiger partial charge in [0, 0.05) is 19.0 Å². The number of hydrogen-bond acceptors (Lipinski definition) is 6. The summed E-state index contributed by atoms with van der Waals surface area (Å²) in [5, 5.41) is 7.80. The molecule has 1 amide bonds. The van der Waals surface area contributed by atoms with Crippen LogP contribution >= 0.6 is 0 Å². The smallest absolute Gasteiger partial charge is 0.253 e. The van der Waals surface area contributed by atoms with Crippen LogP contribution in [0.4, 0.5) is 0 Å². The summed E-state index contributed by atoms with van der Waals surface area (Å²) < 4.78 is 16.8. The summed E-state index contributed by atoms with van der Waals surface area (Å²) in [6.07, 6.45) is 1.50. The third kappa shape index (κ3) is 2.78. The molecule has 1 saturated heterocycles. The molecule has 0 radical (unpaired) electrons. The van der Waals surface area contributed by atoms with Crippen LogP contribution in [0.15, 0.2) is 34.3 Å². The van der Waals surface area contributed by atoms with Crippen LogP contribution in [0.3, 0.4) is 0 Å². The van der Waals surface area contributed by atoms with Gasteiger partial charge in [-0.25, -0.2) is 0 Å². The predicted molar refractivity (Wildman–Crippen MR) is 84.2 cm³/mol. The highest BCUT2D eigenvalue weighted by molar-refractivity contribution is 5.99. The van der Waals surface area contributed by atoms with E-state index in [4.69, 9.17) is 13.9 Å². The molecule has 3 heterocycles. The Morgan fingerprint density at radius 1 is 1.29 bits per heavy atom. The minimum atomic E-state index is -0.388. The lowest BCUT2D eigenvalue weighted by Crippen LogP contribution is -2.43. The maximum absolute atomic E-state index is 12.8. The van der Waals surface area contributed by atoms with Crippen molar-refractivity contribution in [2.75, 3.05) is 26.3 Å². The SMILES string of the molecule is Cc1nnc([C@@H]2CN(C(=O)C3=Cc4ccccc4OC3)CCO2)o1. The minimum Gasteiger partial charge on any atom is -0.488 e. The Labute approximate surface area is 138 Å². The molecule has 24 heavy (non-hydrogen) atoms. The lowest BCUT2D eigenvalue weighted by molar-refractivity contribution is -0.136. The Hall–Kier alpha value is -2.67. The number of morpholine rings is 1. The van der Waals surface area contributed by atoms with E-state index in [1.54, 1.807) is 11.8 Å². The van der Waals surface area contributed by atoms with Crippen molar-refractivity contribution in [1.82, 2.24) is 15.1 Å². The van der Waals surface area contributed by atoms with Crippen LogP contribution < -0.4 is 4.74 Å². The van der Waals surface area contributed by atoms with Gasteiger partial charge in [-0.2, -0.15) is 0 Å². The van der Waals surface area contributed by atoms with E-state index in [1.165, 1.54) is 0 Å². The summed E-state index contributed by atoms with van der Waals surface area (Å²) in [7, 11) is 0. The first-order valence-electron chi connectivity index (χ1n) is 7.84.